The van der Waals surface area contributed by atoms with Gasteiger partial charge in [0.2, 0.25) is 5.91 Å². The van der Waals surface area contributed by atoms with Gasteiger partial charge in [0.15, 0.2) is 0 Å². The van der Waals surface area contributed by atoms with Crippen LogP contribution >= 0.6 is 24.8 Å². The quantitative estimate of drug-likeness (QED) is 0.607. The number of carbonyl (C=O) groups is 1. The largest absolute Gasteiger partial charge is 0.338 e. The number of nitrogens with one attached hydrogen (secondary N) is 3. The molecule has 144 valence electrons. The van der Waals surface area contributed by atoms with E-state index in [1.165, 1.54) is 12.1 Å². The number of piperidine rings is 1. The molecule has 27 heavy (non-hydrogen) atoms. The van der Waals surface area contributed by atoms with Crippen LogP contribution in [-0.4, -0.2) is 29.0 Å². The zero-order chi connectivity index (χ0) is 17.2. The third-order valence-corrected chi connectivity index (χ3v) is 4.53. The fourth-order valence-electron chi connectivity index (χ4n) is 3.15. The van der Waals surface area contributed by atoms with Crippen molar-refractivity contribution in [3.05, 3.63) is 48.3 Å². The Bertz CT molecular complexity index is 908. The molecule has 0 bridgehead atoms. The lowest BCUT2D eigenvalue weighted by Gasteiger charge is -2.21. The number of hydrogen-bond acceptors (Lipinski definition) is 3. The van der Waals surface area contributed by atoms with Crippen molar-refractivity contribution in [2.45, 2.75) is 12.8 Å². The number of hydrogen-bond donors (Lipinski definition) is 3. The maximum absolute atomic E-state index is 13.1. The molecule has 2 aromatic carbocycles. The van der Waals surface area contributed by atoms with E-state index in [9.17, 15) is 9.18 Å². The Hall–Kier alpha value is -2.15. The van der Waals surface area contributed by atoms with E-state index in [2.05, 4.69) is 20.6 Å². The van der Waals surface area contributed by atoms with Crippen molar-refractivity contribution in [2.24, 2.45) is 5.92 Å². The topological polar surface area (TPSA) is 69.8 Å². The van der Waals surface area contributed by atoms with Crippen molar-refractivity contribution >= 4 is 47.4 Å². The van der Waals surface area contributed by atoms with Gasteiger partial charge in [0.05, 0.1) is 17.0 Å². The number of fused-ring (bicyclic) bond motifs is 1. The monoisotopic (exact) mass is 410 g/mol. The zero-order valence-electron chi connectivity index (χ0n) is 14.5. The Morgan fingerprint density at radius 2 is 1.93 bits per heavy atom. The van der Waals surface area contributed by atoms with E-state index in [4.69, 9.17) is 0 Å². The molecule has 4 rings (SSSR count). The second-order valence-electron chi connectivity index (χ2n) is 6.36. The van der Waals surface area contributed by atoms with Crippen molar-refractivity contribution in [1.82, 2.24) is 15.3 Å². The summed E-state index contributed by atoms with van der Waals surface area (Å²) in [6.45, 7) is 1.71. The minimum absolute atomic E-state index is 0. The van der Waals surface area contributed by atoms with Crippen LogP contribution < -0.4 is 10.6 Å². The summed E-state index contributed by atoms with van der Waals surface area (Å²) < 4.78 is 13.1. The fraction of sp³-hybridized carbons (Fsp3) is 0.263. The van der Waals surface area contributed by atoms with Gasteiger partial charge in [-0.2, -0.15) is 0 Å². The molecule has 0 spiro atoms. The van der Waals surface area contributed by atoms with Gasteiger partial charge < -0.3 is 15.6 Å². The zero-order valence-corrected chi connectivity index (χ0v) is 16.1. The fourth-order valence-corrected chi connectivity index (χ4v) is 3.15. The summed E-state index contributed by atoms with van der Waals surface area (Å²) in [7, 11) is 0. The number of benzene rings is 2. The predicted molar refractivity (Wildman–Crippen MR) is 110 cm³/mol. The summed E-state index contributed by atoms with van der Waals surface area (Å²) in [6, 6.07) is 11.8. The first-order valence-corrected chi connectivity index (χ1v) is 8.46. The standard InChI is InChI=1S/C19H19FN4O.2ClH/c20-14-5-3-12(4-6-14)18-23-16-8-7-15(10-17(16)24-18)22-19(25)13-2-1-9-21-11-13;;/h3-8,10,13,21H,1-2,9,11H2,(H,22,25)(H,23,24);2*1H. The molecule has 0 saturated carbocycles. The van der Waals surface area contributed by atoms with Crippen LogP contribution in [0.2, 0.25) is 0 Å². The van der Waals surface area contributed by atoms with Crippen LogP contribution in [0.15, 0.2) is 42.5 Å². The average Bonchev–Trinajstić information content (AvgIpc) is 3.06. The maximum Gasteiger partial charge on any atom is 0.228 e. The minimum Gasteiger partial charge on any atom is -0.338 e. The Kier molecular flexibility index (Phi) is 7.18. The molecule has 8 heteroatoms. The van der Waals surface area contributed by atoms with Crippen LogP contribution in [0.25, 0.3) is 22.4 Å². The maximum atomic E-state index is 13.1. The number of aromatic amines is 1. The van der Waals surface area contributed by atoms with E-state index in [0.29, 0.717) is 5.82 Å². The third-order valence-electron chi connectivity index (χ3n) is 4.53. The van der Waals surface area contributed by atoms with E-state index in [1.807, 2.05) is 18.2 Å². The molecule has 1 saturated heterocycles. The van der Waals surface area contributed by atoms with Crippen LogP contribution in [0.3, 0.4) is 0 Å². The first kappa shape index (κ1) is 21.2. The summed E-state index contributed by atoms with van der Waals surface area (Å²) in [5.41, 5.74) is 3.20. The van der Waals surface area contributed by atoms with Crippen molar-refractivity contribution in [2.75, 3.05) is 18.4 Å². The van der Waals surface area contributed by atoms with Crippen LogP contribution in [-0.2, 0) is 4.79 Å². The van der Waals surface area contributed by atoms with Gasteiger partial charge in [0, 0.05) is 17.8 Å². The molecule has 1 aliphatic rings. The van der Waals surface area contributed by atoms with Crippen molar-refractivity contribution in [1.29, 1.82) is 0 Å². The van der Waals surface area contributed by atoms with Gasteiger partial charge in [-0.25, -0.2) is 9.37 Å². The van der Waals surface area contributed by atoms with Crippen LogP contribution in [0, 0.1) is 11.7 Å². The molecule has 1 aromatic heterocycles. The number of rotatable bonds is 3. The molecule has 1 fully saturated rings. The van der Waals surface area contributed by atoms with Gasteiger partial charge in [0.25, 0.3) is 0 Å². The smallest absolute Gasteiger partial charge is 0.228 e. The van der Waals surface area contributed by atoms with Gasteiger partial charge in [0.1, 0.15) is 11.6 Å². The Labute approximate surface area is 169 Å². The van der Waals surface area contributed by atoms with E-state index < -0.39 is 0 Å². The normalized spacial score (nSPS) is 16.3. The third kappa shape index (κ3) is 4.77. The van der Waals surface area contributed by atoms with Crippen LogP contribution in [0.5, 0.6) is 0 Å². The molecular formula is C19H21Cl2FN4O. The van der Waals surface area contributed by atoms with E-state index in [0.717, 1.165) is 48.2 Å². The summed E-state index contributed by atoms with van der Waals surface area (Å²) in [4.78, 5) is 20.1. The molecule has 1 unspecified atom stereocenters. The molecule has 1 amide bonds. The number of aromatic nitrogens is 2. The number of anilines is 1. The molecule has 3 N–H and O–H groups in total. The highest BCUT2D eigenvalue weighted by atomic mass is 35.5. The van der Waals surface area contributed by atoms with Crippen molar-refractivity contribution in [3.8, 4) is 11.4 Å². The Balaban J connectivity index is 0.00000131. The molecule has 1 aliphatic heterocycles. The number of nitrogens with zero attached hydrogens (tertiary/aromatic N) is 1. The SMILES string of the molecule is Cl.Cl.O=C(Nc1ccc2nc(-c3ccc(F)cc3)[nH]c2c1)C1CCCNC1. The molecule has 5 nitrogen and oxygen atoms in total. The highest BCUT2D eigenvalue weighted by Crippen LogP contribution is 2.23. The number of halogens is 3. The van der Waals surface area contributed by atoms with Crippen LogP contribution in [0.4, 0.5) is 10.1 Å². The van der Waals surface area contributed by atoms with E-state index in [-0.39, 0.29) is 42.5 Å². The molecule has 3 aromatic rings. The van der Waals surface area contributed by atoms with Crippen LogP contribution in [0.1, 0.15) is 12.8 Å². The Morgan fingerprint density at radius 1 is 1.15 bits per heavy atom. The molecular weight excluding hydrogens is 390 g/mol. The van der Waals surface area contributed by atoms with Gasteiger partial charge in [-0.15, -0.1) is 24.8 Å². The number of amides is 1. The van der Waals surface area contributed by atoms with Gasteiger partial charge in [-0.05, 0) is 61.9 Å². The lowest BCUT2D eigenvalue weighted by molar-refractivity contribution is -0.120. The minimum atomic E-state index is -0.276. The predicted octanol–water partition coefficient (Wildman–Crippen LogP) is 4.15. The highest BCUT2D eigenvalue weighted by Gasteiger charge is 2.21. The summed E-state index contributed by atoms with van der Waals surface area (Å²) in [6.07, 6.45) is 1.94. The lowest BCUT2D eigenvalue weighted by Crippen LogP contribution is -2.37. The van der Waals surface area contributed by atoms with Gasteiger partial charge in [-0.1, -0.05) is 0 Å². The van der Waals surface area contributed by atoms with Crippen molar-refractivity contribution in [3.63, 3.8) is 0 Å². The van der Waals surface area contributed by atoms with Gasteiger partial charge in [-0.3, -0.25) is 4.79 Å². The van der Waals surface area contributed by atoms with Gasteiger partial charge >= 0.3 is 0 Å². The van der Waals surface area contributed by atoms with Crippen molar-refractivity contribution < 1.29 is 9.18 Å². The number of carbonyl (C=O) groups excluding carboxylic acids is 1. The number of H-pyrrole nitrogens is 1. The van der Waals surface area contributed by atoms with E-state index in [1.54, 1.807) is 12.1 Å². The second-order valence-corrected chi connectivity index (χ2v) is 6.36. The first-order chi connectivity index (χ1) is 12.2. The summed E-state index contributed by atoms with van der Waals surface area (Å²) in [5, 5.41) is 6.24. The van der Waals surface area contributed by atoms with E-state index >= 15 is 0 Å². The average molecular weight is 411 g/mol. The molecule has 0 radical (unpaired) electrons. The summed E-state index contributed by atoms with van der Waals surface area (Å²) in [5.74, 6) is 0.461. The molecule has 0 aliphatic carbocycles. The number of imidazole rings is 1. The lowest BCUT2D eigenvalue weighted by atomic mass is 9.99. The molecule has 1 atom stereocenters. The Morgan fingerprint density at radius 3 is 2.63 bits per heavy atom. The first-order valence-electron chi connectivity index (χ1n) is 8.46. The highest BCUT2D eigenvalue weighted by molar-refractivity contribution is 5.95. The molecule has 2 heterocycles. The summed E-state index contributed by atoms with van der Waals surface area (Å²) >= 11 is 0. The second kappa shape index (κ2) is 9.17.